The van der Waals surface area contributed by atoms with Crippen molar-refractivity contribution in [2.24, 2.45) is 0 Å². The number of halogens is 1. The number of nitrogens with zero attached hydrogens (tertiary/aromatic N) is 1. The number of pyridine rings is 1. The maximum absolute atomic E-state index is 12.8. The van der Waals surface area contributed by atoms with Crippen molar-refractivity contribution in [3.8, 4) is 0 Å². The SMILES string of the molecule is Cc1cccc(NS(=O)(=O)c2cc(C(=O)NCc3ccccn3)ccc2Cl)c1. The van der Waals surface area contributed by atoms with Gasteiger partial charge in [0.25, 0.3) is 15.9 Å². The van der Waals surface area contributed by atoms with Gasteiger partial charge in [-0.3, -0.25) is 14.5 Å². The molecule has 6 nitrogen and oxygen atoms in total. The molecule has 3 aromatic rings. The summed E-state index contributed by atoms with van der Waals surface area (Å²) in [6.07, 6.45) is 1.63. The van der Waals surface area contributed by atoms with Crippen LogP contribution in [0.5, 0.6) is 0 Å². The number of hydrogen-bond donors (Lipinski definition) is 2. The van der Waals surface area contributed by atoms with E-state index < -0.39 is 15.9 Å². The number of sulfonamides is 1. The van der Waals surface area contributed by atoms with Crippen LogP contribution in [-0.4, -0.2) is 19.3 Å². The van der Waals surface area contributed by atoms with E-state index in [1.807, 2.05) is 19.1 Å². The third-order valence-corrected chi connectivity index (χ3v) is 5.77. The Morgan fingerprint density at radius 3 is 2.61 bits per heavy atom. The maximum atomic E-state index is 12.8. The molecule has 28 heavy (non-hydrogen) atoms. The molecule has 0 aliphatic carbocycles. The number of aryl methyl sites for hydroxylation is 1. The van der Waals surface area contributed by atoms with Crippen molar-refractivity contribution in [1.82, 2.24) is 10.3 Å². The number of carbonyl (C=O) groups is 1. The van der Waals surface area contributed by atoms with E-state index in [0.29, 0.717) is 11.4 Å². The molecule has 2 N–H and O–H groups in total. The third-order valence-electron chi connectivity index (χ3n) is 3.91. The highest BCUT2D eigenvalue weighted by atomic mass is 35.5. The van der Waals surface area contributed by atoms with Gasteiger partial charge in [0.15, 0.2) is 0 Å². The van der Waals surface area contributed by atoms with Gasteiger partial charge in [-0.2, -0.15) is 0 Å². The lowest BCUT2D eigenvalue weighted by molar-refractivity contribution is 0.0950. The van der Waals surface area contributed by atoms with Gasteiger partial charge in [0.05, 0.1) is 17.3 Å². The second-order valence-electron chi connectivity index (χ2n) is 6.12. The highest BCUT2D eigenvalue weighted by Gasteiger charge is 2.20. The van der Waals surface area contributed by atoms with Crippen LogP contribution < -0.4 is 10.0 Å². The molecule has 8 heteroatoms. The molecular weight excluding hydrogens is 398 g/mol. The Morgan fingerprint density at radius 2 is 1.89 bits per heavy atom. The number of rotatable bonds is 6. The highest BCUT2D eigenvalue weighted by molar-refractivity contribution is 7.92. The van der Waals surface area contributed by atoms with Crippen LogP contribution in [0.3, 0.4) is 0 Å². The first kappa shape index (κ1) is 19.9. The lowest BCUT2D eigenvalue weighted by Crippen LogP contribution is -2.24. The lowest BCUT2D eigenvalue weighted by Gasteiger charge is -2.12. The summed E-state index contributed by atoms with van der Waals surface area (Å²) >= 11 is 6.10. The normalized spacial score (nSPS) is 11.1. The molecule has 1 amide bonds. The largest absolute Gasteiger partial charge is 0.346 e. The molecule has 1 heterocycles. The minimum Gasteiger partial charge on any atom is -0.346 e. The average molecular weight is 416 g/mol. The van der Waals surface area contributed by atoms with Crippen LogP contribution in [0.4, 0.5) is 5.69 Å². The van der Waals surface area contributed by atoms with Crippen LogP contribution in [0.15, 0.2) is 71.8 Å². The average Bonchev–Trinajstić information content (AvgIpc) is 2.67. The predicted octanol–water partition coefficient (Wildman–Crippen LogP) is 3.77. The van der Waals surface area contributed by atoms with E-state index >= 15 is 0 Å². The molecule has 3 rings (SSSR count). The van der Waals surface area contributed by atoms with Crippen LogP contribution >= 0.6 is 11.6 Å². The van der Waals surface area contributed by atoms with Crippen molar-refractivity contribution in [2.45, 2.75) is 18.4 Å². The molecule has 0 spiro atoms. The molecule has 0 atom stereocenters. The first-order chi connectivity index (χ1) is 13.3. The Hall–Kier alpha value is -2.90. The van der Waals surface area contributed by atoms with Gasteiger partial charge in [0.2, 0.25) is 0 Å². The van der Waals surface area contributed by atoms with Crippen LogP contribution in [0.25, 0.3) is 0 Å². The summed E-state index contributed by atoms with van der Waals surface area (Å²) < 4.78 is 28.0. The molecule has 0 saturated heterocycles. The summed E-state index contributed by atoms with van der Waals surface area (Å²) in [7, 11) is -3.96. The highest BCUT2D eigenvalue weighted by Crippen LogP contribution is 2.25. The van der Waals surface area contributed by atoms with Crippen molar-refractivity contribution >= 4 is 33.2 Å². The Morgan fingerprint density at radius 1 is 1.07 bits per heavy atom. The van der Waals surface area contributed by atoms with Crippen LogP contribution in [0, 0.1) is 6.92 Å². The van der Waals surface area contributed by atoms with E-state index in [4.69, 9.17) is 11.6 Å². The fraction of sp³-hybridized carbons (Fsp3) is 0.100. The maximum Gasteiger partial charge on any atom is 0.263 e. The molecule has 0 saturated carbocycles. The Balaban J connectivity index is 1.81. The second-order valence-corrected chi connectivity index (χ2v) is 8.18. The summed E-state index contributed by atoms with van der Waals surface area (Å²) in [6, 6.07) is 16.5. The van der Waals surface area contributed by atoms with Gasteiger partial charge >= 0.3 is 0 Å². The lowest BCUT2D eigenvalue weighted by atomic mass is 10.2. The number of hydrogen-bond acceptors (Lipinski definition) is 4. The van der Waals surface area contributed by atoms with E-state index in [0.717, 1.165) is 5.56 Å². The van der Waals surface area contributed by atoms with E-state index in [-0.39, 0.29) is 22.0 Å². The molecule has 0 aliphatic rings. The molecule has 2 aromatic carbocycles. The smallest absolute Gasteiger partial charge is 0.263 e. The van der Waals surface area contributed by atoms with Gasteiger partial charge in [0.1, 0.15) is 4.90 Å². The van der Waals surface area contributed by atoms with Gasteiger partial charge in [-0.25, -0.2) is 8.42 Å². The van der Waals surface area contributed by atoms with Crippen molar-refractivity contribution < 1.29 is 13.2 Å². The first-order valence-electron chi connectivity index (χ1n) is 8.42. The quantitative estimate of drug-likeness (QED) is 0.641. The van der Waals surface area contributed by atoms with E-state index in [1.54, 1.807) is 36.5 Å². The summed E-state index contributed by atoms with van der Waals surface area (Å²) in [4.78, 5) is 16.4. The summed E-state index contributed by atoms with van der Waals surface area (Å²) in [5.74, 6) is -0.422. The molecule has 0 bridgehead atoms. The Labute approximate surface area is 168 Å². The number of carbonyl (C=O) groups excluding carboxylic acids is 1. The monoisotopic (exact) mass is 415 g/mol. The first-order valence-corrected chi connectivity index (χ1v) is 10.3. The zero-order valence-corrected chi connectivity index (χ0v) is 16.6. The standard InChI is InChI=1S/C20H18ClN3O3S/c1-14-5-4-7-16(11-14)24-28(26,27)19-12-15(8-9-18(19)21)20(25)23-13-17-6-2-3-10-22-17/h2-12,24H,13H2,1H3,(H,23,25). The van der Waals surface area contributed by atoms with Crippen LogP contribution in [0.1, 0.15) is 21.6 Å². The van der Waals surface area contributed by atoms with Crippen molar-refractivity contribution in [1.29, 1.82) is 0 Å². The molecule has 0 fully saturated rings. The van der Waals surface area contributed by atoms with E-state index in [2.05, 4.69) is 15.0 Å². The Bertz CT molecular complexity index is 1100. The minimum absolute atomic E-state index is 0.0291. The van der Waals surface area contributed by atoms with Gasteiger partial charge in [0, 0.05) is 17.4 Å². The summed E-state index contributed by atoms with van der Waals surface area (Å²) in [5, 5.41) is 2.74. The minimum atomic E-state index is -3.96. The van der Waals surface area contributed by atoms with Gasteiger partial charge in [-0.1, -0.05) is 29.8 Å². The molecule has 144 valence electrons. The number of amides is 1. The van der Waals surface area contributed by atoms with Crippen LogP contribution in [-0.2, 0) is 16.6 Å². The molecule has 0 unspecified atom stereocenters. The second kappa shape index (κ2) is 8.41. The number of benzene rings is 2. The zero-order chi connectivity index (χ0) is 20.1. The van der Waals surface area contributed by atoms with Crippen LogP contribution in [0.2, 0.25) is 5.02 Å². The number of anilines is 1. The molecule has 1 aromatic heterocycles. The fourth-order valence-corrected chi connectivity index (χ4v) is 4.12. The fourth-order valence-electron chi connectivity index (χ4n) is 2.54. The summed E-state index contributed by atoms with van der Waals surface area (Å²) in [5.41, 5.74) is 2.21. The number of nitrogens with one attached hydrogen (secondary N) is 2. The molecule has 0 aliphatic heterocycles. The van der Waals surface area contributed by atoms with Gasteiger partial charge in [-0.05, 0) is 55.0 Å². The topological polar surface area (TPSA) is 88.2 Å². The van der Waals surface area contributed by atoms with Gasteiger partial charge < -0.3 is 5.32 Å². The van der Waals surface area contributed by atoms with E-state index in [9.17, 15) is 13.2 Å². The van der Waals surface area contributed by atoms with E-state index in [1.165, 1.54) is 18.2 Å². The van der Waals surface area contributed by atoms with Crippen molar-refractivity contribution in [3.05, 3.63) is 88.7 Å². The third kappa shape index (κ3) is 4.88. The zero-order valence-electron chi connectivity index (χ0n) is 15.0. The molecular formula is C20H18ClN3O3S. The number of aromatic nitrogens is 1. The van der Waals surface area contributed by atoms with Gasteiger partial charge in [-0.15, -0.1) is 0 Å². The molecule has 0 radical (unpaired) electrons. The Kier molecular flexibility index (Phi) is 5.96. The van der Waals surface area contributed by atoms with Crippen molar-refractivity contribution in [3.63, 3.8) is 0 Å². The van der Waals surface area contributed by atoms with Crippen molar-refractivity contribution in [2.75, 3.05) is 4.72 Å². The predicted molar refractivity (Wildman–Crippen MR) is 109 cm³/mol. The summed E-state index contributed by atoms with van der Waals surface area (Å²) in [6.45, 7) is 2.09.